The van der Waals surface area contributed by atoms with Crippen LogP contribution in [-0.4, -0.2) is 19.1 Å². The normalized spacial score (nSPS) is 21.9. The second-order valence-electron chi connectivity index (χ2n) is 4.23. The summed E-state index contributed by atoms with van der Waals surface area (Å²) >= 11 is 3.37. The van der Waals surface area contributed by atoms with Crippen molar-refractivity contribution in [2.45, 2.75) is 12.5 Å². The SMILES string of the molecule is COc1cc(NC(=O)C2C=CC(N)C2)ccc1Br. The summed E-state index contributed by atoms with van der Waals surface area (Å²) in [5.41, 5.74) is 6.45. The molecule has 0 heterocycles. The summed E-state index contributed by atoms with van der Waals surface area (Å²) in [6.07, 6.45) is 4.39. The first-order valence-corrected chi connectivity index (χ1v) is 6.48. The molecule has 1 amide bonds. The van der Waals surface area contributed by atoms with Gasteiger partial charge in [0.25, 0.3) is 0 Å². The molecule has 2 atom stereocenters. The minimum absolute atomic E-state index is 0.0137. The molecule has 0 aliphatic heterocycles. The van der Waals surface area contributed by atoms with E-state index >= 15 is 0 Å². The molecule has 3 N–H and O–H groups in total. The van der Waals surface area contributed by atoms with Gasteiger partial charge in [0.05, 0.1) is 17.5 Å². The maximum Gasteiger partial charge on any atom is 0.231 e. The van der Waals surface area contributed by atoms with Crippen LogP contribution in [0.1, 0.15) is 6.42 Å². The first kappa shape index (κ1) is 13.1. The van der Waals surface area contributed by atoms with Gasteiger partial charge < -0.3 is 15.8 Å². The van der Waals surface area contributed by atoms with Crippen LogP contribution in [0.15, 0.2) is 34.8 Å². The molecule has 0 saturated carbocycles. The monoisotopic (exact) mass is 310 g/mol. The zero-order valence-electron chi connectivity index (χ0n) is 10.0. The van der Waals surface area contributed by atoms with E-state index in [0.29, 0.717) is 17.9 Å². The molecule has 2 rings (SSSR count). The molecule has 4 nitrogen and oxygen atoms in total. The second-order valence-corrected chi connectivity index (χ2v) is 5.08. The molecule has 0 radical (unpaired) electrons. The molecular weight excluding hydrogens is 296 g/mol. The third-order valence-corrected chi connectivity index (χ3v) is 3.53. The van der Waals surface area contributed by atoms with Gasteiger partial charge in [-0.15, -0.1) is 0 Å². The number of hydrogen-bond acceptors (Lipinski definition) is 3. The number of amides is 1. The Bertz CT molecular complexity index is 488. The molecule has 1 aliphatic rings. The number of methoxy groups -OCH3 is 1. The molecular formula is C13H15BrN2O2. The number of ether oxygens (including phenoxy) is 1. The number of halogens is 1. The Morgan fingerprint density at radius 1 is 1.50 bits per heavy atom. The van der Waals surface area contributed by atoms with Gasteiger partial charge in [0.1, 0.15) is 5.75 Å². The van der Waals surface area contributed by atoms with Crippen molar-refractivity contribution in [3.05, 3.63) is 34.8 Å². The van der Waals surface area contributed by atoms with E-state index in [1.54, 1.807) is 13.2 Å². The Labute approximate surface area is 114 Å². The molecule has 1 aromatic rings. The summed E-state index contributed by atoms with van der Waals surface area (Å²) in [7, 11) is 1.59. The van der Waals surface area contributed by atoms with E-state index in [1.165, 1.54) is 0 Å². The molecule has 0 bridgehead atoms. The summed E-state index contributed by atoms with van der Waals surface area (Å²) < 4.78 is 6.03. The highest BCUT2D eigenvalue weighted by atomic mass is 79.9. The highest BCUT2D eigenvalue weighted by Crippen LogP contribution is 2.28. The fourth-order valence-electron chi connectivity index (χ4n) is 1.89. The molecule has 1 aliphatic carbocycles. The number of carbonyl (C=O) groups excluding carboxylic acids is 1. The number of nitrogens with one attached hydrogen (secondary N) is 1. The Morgan fingerprint density at radius 2 is 2.28 bits per heavy atom. The summed E-state index contributed by atoms with van der Waals surface area (Å²) in [6.45, 7) is 0. The van der Waals surface area contributed by atoms with Crippen molar-refractivity contribution in [3.63, 3.8) is 0 Å². The Morgan fingerprint density at radius 3 is 2.89 bits per heavy atom. The smallest absolute Gasteiger partial charge is 0.231 e. The van der Waals surface area contributed by atoms with Gasteiger partial charge in [0, 0.05) is 17.8 Å². The first-order chi connectivity index (χ1) is 8.60. The zero-order valence-corrected chi connectivity index (χ0v) is 11.6. The van der Waals surface area contributed by atoms with E-state index in [4.69, 9.17) is 10.5 Å². The molecule has 0 spiro atoms. The maximum absolute atomic E-state index is 12.0. The summed E-state index contributed by atoms with van der Waals surface area (Å²) in [6, 6.07) is 5.43. The van der Waals surface area contributed by atoms with Crippen LogP contribution in [0.5, 0.6) is 5.75 Å². The van der Waals surface area contributed by atoms with Crippen LogP contribution in [0.2, 0.25) is 0 Å². The highest BCUT2D eigenvalue weighted by molar-refractivity contribution is 9.10. The third kappa shape index (κ3) is 2.91. The molecule has 18 heavy (non-hydrogen) atoms. The molecule has 1 aromatic carbocycles. The number of nitrogens with two attached hydrogens (primary N) is 1. The average Bonchev–Trinajstić information content (AvgIpc) is 2.78. The van der Waals surface area contributed by atoms with Crippen LogP contribution in [0.25, 0.3) is 0 Å². The van der Waals surface area contributed by atoms with Gasteiger partial charge in [-0.05, 0) is 34.5 Å². The number of carbonyl (C=O) groups is 1. The van der Waals surface area contributed by atoms with E-state index in [1.807, 2.05) is 24.3 Å². The van der Waals surface area contributed by atoms with E-state index in [0.717, 1.165) is 4.47 Å². The summed E-state index contributed by atoms with van der Waals surface area (Å²) in [5.74, 6) is 0.504. The minimum atomic E-state index is -0.144. The van der Waals surface area contributed by atoms with E-state index in [2.05, 4.69) is 21.2 Å². The lowest BCUT2D eigenvalue weighted by Gasteiger charge is -2.12. The van der Waals surface area contributed by atoms with Crippen LogP contribution in [0.3, 0.4) is 0 Å². The van der Waals surface area contributed by atoms with Crippen molar-refractivity contribution in [3.8, 4) is 5.75 Å². The van der Waals surface area contributed by atoms with E-state index in [9.17, 15) is 4.79 Å². The van der Waals surface area contributed by atoms with E-state index < -0.39 is 0 Å². The number of hydrogen-bond donors (Lipinski definition) is 2. The van der Waals surface area contributed by atoms with Crippen LogP contribution in [0, 0.1) is 5.92 Å². The predicted octanol–water partition coefficient (Wildman–Crippen LogP) is 2.30. The Hall–Kier alpha value is -1.33. The zero-order chi connectivity index (χ0) is 13.1. The van der Waals surface area contributed by atoms with Gasteiger partial charge in [-0.25, -0.2) is 0 Å². The third-order valence-electron chi connectivity index (χ3n) is 2.87. The van der Waals surface area contributed by atoms with Gasteiger partial charge >= 0.3 is 0 Å². The standard InChI is InChI=1S/C13H15BrN2O2/c1-18-12-7-10(4-5-11(12)14)16-13(17)8-2-3-9(15)6-8/h2-5,7-9H,6,15H2,1H3,(H,16,17). The summed E-state index contributed by atoms with van der Waals surface area (Å²) in [5, 5.41) is 2.86. The highest BCUT2D eigenvalue weighted by Gasteiger charge is 2.22. The van der Waals surface area contributed by atoms with Gasteiger partial charge in [-0.1, -0.05) is 12.2 Å². The van der Waals surface area contributed by atoms with Gasteiger partial charge in [-0.2, -0.15) is 0 Å². The second kappa shape index (κ2) is 5.54. The van der Waals surface area contributed by atoms with Crippen molar-refractivity contribution in [2.75, 3.05) is 12.4 Å². The Balaban J connectivity index is 2.05. The predicted molar refractivity (Wildman–Crippen MR) is 74.5 cm³/mol. The quantitative estimate of drug-likeness (QED) is 0.842. The number of benzene rings is 1. The molecule has 2 unspecified atom stereocenters. The Kier molecular flexibility index (Phi) is 4.04. The molecule has 0 fully saturated rings. The van der Waals surface area contributed by atoms with Gasteiger partial charge in [-0.3, -0.25) is 4.79 Å². The average molecular weight is 311 g/mol. The van der Waals surface area contributed by atoms with Crippen LogP contribution < -0.4 is 15.8 Å². The molecule has 0 saturated heterocycles. The van der Waals surface area contributed by atoms with E-state index in [-0.39, 0.29) is 17.9 Å². The lowest BCUT2D eigenvalue weighted by atomic mass is 10.1. The van der Waals surface area contributed by atoms with Gasteiger partial charge in [0.15, 0.2) is 0 Å². The lowest BCUT2D eigenvalue weighted by molar-refractivity contribution is -0.118. The fraction of sp³-hybridized carbons (Fsp3) is 0.308. The van der Waals surface area contributed by atoms with Crippen molar-refractivity contribution in [2.24, 2.45) is 11.7 Å². The number of anilines is 1. The molecule has 5 heteroatoms. The molecule has 96 valence electrons. The van der Waals surface area contributed by atoms with Crippen LogP contribution in [-0.2, 0) is 4.79 Å². The fourth-order valence-corrected chi connectivity index (χ4v) is 2.30. The molecule has 0 aromatic heterocycles. The van der Waals surface area contributed by atoms with Crippen LogP contribution >= 0.6 is 15.9 Å². The van der Waals surface area contributed by atoms with Crippen LogP contribution in [0.4, 0.5) is 5.69 Å². The largest absolute Gasteiger partial charge is 0.495 e. The van der Waals surface area contributed by atoms with Gasteiger partial charge in [0.2, 0.25) is 5.91 Å². The van der Waals surface area contributed by atoms with Crippen molar-refractivity contribution in [1.82, 2.24) is 0 Å². The van der Waals surface area contributed by atoms with Crippen molar-refractivity contribution >= 4 is 27.5 Å². The van der Waals surface area contributed by atoms with Crippen molar-refractivity contribution in [1.29, 1.82) is 0 Å². The lowest BCUT2D eigenvalue weighted by Crippen LogP contribution is -2.23. The number of rotatable bonds is 3. The topological polar surface area (TPSA) is 64.3 Å². The first-order valence-electron chi connectivity index (χ1n) is 5.68. The summed E-state index contributed by atoms with van der Waals surface area (Å²) in [4.78, 5) is 12.0. The maximum atomic E-state index is 12.0. The van der Waals surface area contributed by atoms with Crippen molar-refractivity contribution < 1.29 is 9.53 Å². The minimum Gasteiger partial charge on any atom is -0.495 e.